The van der Waals surface area contributed by atoms with Crippen LogP contribution in [0.4, 0.5) is 13.6 Å². The zero-order chi connectivity index (χ0) is 30.1. The minimum Gasteiger partial charge on any atom is -0.444 e. The number of hydrogen-bond acceptors (Lipinski definition) is 5. The molecule has 0 fully saturated rings. The van der Waals surface area contributed by atoms with Gasteiger partial charge in [0.25, 0.3) is 0 Å². The lowest BCUT2D eigenvalue weighted by atomic mass is 10.0. The number of hydrogen-bond donors (Lipinski definition) is 0. The van der Waals surface area contributed by atoms with Gasteiger partial charge in [-0.3, -0.25) is 18.5 Å². The fraction of sp³-hybridized carbons (Fsp3) is 0.333. The molecule has 0 saturated heterocycles. The Morgan fingerprint density at radius 2 is 1.69 bits per heavy atom. The summed E-state index contributed by atoms with van der Waals surface area (Å²) in [7, 11) is 1.72. The van der Waals surface area contributed by atoms with Crippen molar-refractivity contribution in [2.24, 2.45) is 7.05 Å². The van der Waals surface area contributed by atoms with E-state index in [4.69, 9.17) is 9.84 Å². The topological polar surface area (TPSA) is 92.1 Å². The Labute approximate surface area is 240 Å². The number of aryl methyl sites for hydroxylation is 3. The van der Waals surface area contributed by atoms with Gasteiger partial charge in [-0.05, 0) is 70.0 Å². The molecule has 3 aromatic heterocycles. The lowest BCUT2D eigenvalue weighted by molar-refractivity contribution is 0.0194. The van der Waals surface area contributed by atoms with Crippen LogP contribution in [0.5, 0.6) is 0 Å². The molecule has 2 aromatic carbocycles. The van der Waals surface area contributed by atoms with Crippen LogP contribution < -0.4 is 5.69 Å². The number of ether oxygens (including phenoxy) is 1. The van der Waals surface area contributed by atoms with Crippen molar-refractivity contribution in [3.63, 3.8) is 0 Å². The van der Waals surface area contributed by atoms with Crippen molar-refractivity contribution in [2.75, 3.05) is 6.54 Å². The van der Waals surface area contributed by atoms with E-state index in [2.05, 4.69) is 5.10 Å². The van der Waals surface area contributed by atoms with Crippen LogP contribution in [0, 0.1) is 25.5 Å². The Bertz CT molecular complexity index is 1920. The van der Waals surface area contributed by atoms with Gasteiger partial charge in [-0.25, -0.2) is 18.4 Å². The second kappa shape index (κ2) is 9.68. The van der Waals surface area contributed by atoms with E-state index in [0.717, 1.165) is 0 Å². The molecular weight excluding hydrogens is 544 g/mol. The summed E-state index contributed by atoms with van der Waals surface area (Å²) in [6.07, 6.45) is 3.98. The monoisotopic (exact) mass is 575 g/mol. The quantitative estimate of drug-likeness (QED) is 0.301. The maximum Gasteiger partial charge on any atom is 0.410 e. The summed E-state index contributed by atoms with van der Waals surface area (Å²) < 4.78 is 41.7. The molecule has 0 saturated carbocycles. The van der Waals surface area contributed by atoms with Crippen molar-refractivity contribution < 1.29 is 18.3 Å². The van der Waals surface area contributed by atoms with Gasteiger partial charge in [-0.15, -0.1) is 0 Å². The van der Waals surface area contributed by atoms with Crippen LogP contribution in [-0.4, -0.2) is 51.8 Å². The van der Waals surface area contributed by atoms with Crippen LogP contribution in [0.25, 0.3) is 33.5 Å². The van der Waals surface area contributed by atoms with Crippen LogP contribution in [0.2, 0.25) is 0 Å². The molecule has 218 valence electrons. The van der Waals surface area contributed by atoms with Gasteiger partial charge in [0.05, 0.1) is 41.6 Å². The largest absolute Gasteiger partial charge is 0.444 e. The van der Waals surface area contributed by atoms with E-state index >= 15 is 4.39 Å². The van der Waals surface area contributed by atoms with Gasteiger partial charge >= 0.3 is 11.8 Å². The van der Waals surface area contributed by atoms with E-state index in [1.165, 1.54) is 27.6 Å². The predicted molar refractivity (Wildman–Crippen MR) is 153 cm³/mol. The predicted octanol–water partition coefficient (Wildman–Crippen LogP) is 5.02. The maximum atomic E-state index is 15.6. The fourth-order valence-electron chi connectivity index (χ4n) is 5.42. The molecule has 42 heavy (non-hydrogen) atoms. The summed E-state index contributed by atoms with van der Waals surface area (Å²) in [5, 5.41) is 9.24. The SMILES string of the molecule is Cc1cc(-c2nn3c(c2-n2ccn(-c4ccc5c(cnn5C)c4F)c2=O)CN(C(=O)OC(C)(C)C)CC3)cc(C)c1F. The summed E-state index contributed by atoms with van der Waals surface area (Å²) in [6.45, 7) is 9.59. The highest BCUT2D eigenvalue weighted by molar-refractivity contribution is 5.82. The molecule has 1 aliphatic heterocycles. The standard InChI is InChI=1S/C30H31F2N7O3/c1-17-13-19(14-18(2)24(17)31)26-27(23-16-36(9-12-39(23)34-26)29(41)42-30(3,4)5)38-11-10-37(28(38)40)22-8-7-21-20(25(22)32)15-33-35(21)6/h7-8,10-11,13-15H,9,12,16H2,1-6H3. The Morgan fingerprint density at radius 3 is 2.38 bits per heavy atom. The Balaban J connectivity index is 1.52. The van der Waals surface area contributed by atoms with Gasteiger partial charge in [-0.2, -0.15) is 10.2 Å². The highest BCUT2D eigenvalue weighted by Crippen LogP contribution is 2.33. The molecule has 0 spiro atoms. The van der Waals surface area contributed by atoms with Gasteiger partial charge in [0, 0.05) is 31.5 Å². The fourth-order valence-corrected chi connectivity index (χ4v) is 5.42. The van der Waals surface area contributed by atoms with E-state index in [1.807, 2.05) is 0 Å². The normalized spacial score (nSPS) is 13.6. The van der Waals surface area contributed by atoms with E-state index in [-0.39, 0.29) is 18.0 Å². The smallest absolute Gasteiger partial charge is 0.410 e. The number of aromatic nitrogens is 6. The molecule has 10 nitrogen and oxygen atoms in total. The van der Waals surface area contributed by atoms with Gasteiger partial charge in [0.15, 0.2) is 5.82 Å². The molecule has 0 unspecified atom stereocenters. The third-order valence-electron chi connectivity index (χ3n) is 7.44. The van der Waals surface area contributed by atoms with Crippen molar-refractivity contribution in [3.05, 3.63) is 81.8 Å². The first-order chi connectivity index (χ1) is 19.8. The Morgan fingerprint density at radius 1 is 1.00 bits per heavy atom. The van der Waals surface area contributed by atoms with Crippen molar-refractivity contribution in [2.45, 2.75) is 53.3 Å². The zero-order valence-corrected chi connectivity index (χ0v) is 24.3. The second-order valence-electron chi connectivity index (χ2n) is 11.6. The van der Waals surface area contributed by atoms with Crippen LogP contribution in [0.3, 0.4) is 0 Å². The molecular formula is C30H31F2N7O3. The molecule has 4 heterocycles. The minimum atomic E-state index is -0.681. The number of carbonyl (C=O) groups is 1. The number of fused-ring (bicyclic) bond motifs is 2. The summed E-state index contributed by atoms with van der Waals surface area (Å²) in [6, 6.07) is 6.62. The molecule has 0 N–H and O–H groups in total. The Kier molecular flexibility index (Phi) is 6.32. The molecule has 6 rings (SSSR count). The number of amides is 1. The van der Waals surface area contributed by atoms with E-state index < -0.39 is 23.2 Å². The first kappa shape index (κ1) is 27.4. The van der Waals surface area contributed by atoms with Gasteiger partial charge in [0.2, 0.25) is 0 Å². The molecule has 1 amide bonds. The second-order valence-corrected chi connectivity index (χ2v) is 11.6. The minimum absolute atomic E-state index is 0.0747. The molecule has 0 radical (unpaired) electrons. The zero-order valence-electron chi connectivity index (χ0n) is 24.3. The van der Waals surface area contributed by atoms with E-state index in [0.29, 0.717) is 57.8 Å². The van der Waals surface area contributed by atoms with Crippen LogP contribution >= 0.6 is 0 Å². The molecule has 12 heteroatoms. The highest BCUT2D eigenvalue weighted by Gasteiger charge is 2.32. The molecule has 5 aromatic rings. The van der Waals surface area contributed by atoms with Gasteiger partial charge in [0.1, 0.15) is 22.8 Å². The number of nitrogens with zero attached hydrogens (tertiary/aromatic N) is 7. The third-order valence-corrected chi connectivity index (χ3v) is 7.44. The summed E-state index contributed by atoms with van der Waals surface area (Å²) in [4.78, 5) is 28.5. The molecule has 0 atom stereocenters. The van der Waals surface area contributed by atoms with Crippen LogP contribution in [-0.2, 0) is 24.9 Å². The number of benzene rings is 2. The summed E-state index contributed by atoms with van der Waals surface area (Å²) in [5.74, 6) is -0.886. The number of rotatable bonds is 3. The molecule has 0 bridgehead atoms. The van der Waals surface area contributed by atoms with Crippen LogP contribution in [0.15, 0.2) is 47.7 Å². The molecule has 0 aliphatic carbocycles. The number of halogens is 2. The van der Waals surface area contributed by atoms with E-state index in [9.17, 15) is 14.0 Å². The summed E-state index contributed by atoms with van der Waals surface area (Å²) in [5.41, 5.74) is 2.44. The third kappa shape index (κ3) is 4.47. The first-order valence-electron chi connectivity index (χ1n) is 13.6. The van der Waals surface area contributed by atoms with E-state index in [1.54, 1.807) is 80.3 Å². The lowest BCUT2D eigenvalue weighted by Crippen LogP contribution is -2.42. The first-order valence-corrected chi connectivity index (χ1v) is 13.6. The number of carbonyl (C=O) groups excluding carboxylic acids is 1. The average molecular weight is 576 g/mol. The molecule has 1 aliphatic rings. The van der Waals surface area contributed by atoms with Gasteiger partial charge < -0.3 is 9.64 Å². The summed E-state index contributed by atoms with van der Waals surface area (Å²) >= 11 is 0. The van der Waals surface area contributed by atoms with Crippen molar-refractivity contribution in [3.8, 4) is 22.6 Å². The highest BCUT2D eigenvalue weighted by atomic mass is 19.1. The van der Waals surface area contributed by atoms with Crippen molar-refractivity contribution >= 4 is 17.0 Å². The van der Waals surface area contributed by atoms with Crippen molar-refractivity contribution in [1.29, 1.82) is 0 Å². The Hall–Kier alpha value is -4.74. The maximum absolute atomic E-state index is 15.6. The number of imidazole rings is 1. The van der Waals surface area contributed by atoms with Gasteiger partial charge in [-0.1, -0.05) is 0 Å². The van der Waals surface area contributed by atoms with Crippen LogP contribution in [0.1, 0.15) is 37.6 Å². The lowest BCUT2D eigenvalue weighted by Gasteiger charge is -2.30. The average Bonchev–Trinajstić information content (AvgIpc) is 3.61. The van der Waals surface area contributed by atoms with Crippen molar-refractivity contribution in [1.82, 2.24) is 33.6 Å².